The number of carbonyl (C=O) groups is 2. The molecule has 31 heavy (non-hydrogen) atoms. The van der Waals surface area contributed by atoms with E-state index in [4.69, 9.17) is 4.74 Å². The van der Waals surface area contributed by atoms with Crippen LogP contribution in [0, 0.1) is 11.8 Å². The van der Waals surface area contributed by atoms with Crippen LogP contribution in [0.4, 0.5) is 4.79 Å². The number of carbonyl (C=O) groups excluding carboxylic acids is 2. The number of hydrogen-bond acceptors (Lipinski definition) is 5. The number of rotatable bonds is 4. The van der Waals surface area contributed by atoms with Crippen molar-refractivity contribution in [3.63, 3.8) is 0 Å². The fraction of sp³-hybridized carbons (Fsp3) is 0.708. The molecule has 2 aliphatic rings. The van der Waals surface area contributed by atoms with Crippen molar-refractivity contribution < 1.29 is 14.3 Å². The van der Waals surface area contributed by atoms with Gasteiger partial charge in [0.05, 0.1) is 0 Å². The standard InChI is InChI=1S/C24H38N4O3/c1-23(2,3)31-22(30)26-24(4,20-7-6-12-25-17-20)21(29)28-15-10-19(11-16-28)18-8-13-27(5)14-9-18/h6-7,12,17-19H,8-11,13-16H2,1-5H3,(H,26,30)/t24-/m0/s1. The first-order valence-electron chi connectivity index (χ1n) is 11.5. The smallest absolute Gasteiger partial charge is 0.408 e. The number of nitrogens with one attached hydrogen (secondary N) is 1. The van der Waals surface area contributed by atoms with Crippen LogP contribution in [0.5, 0.6) is 0 Å². The van der Waals surface area contributed by atoms with E-state index >= 15 is 0 Å². The van der Waals surface area contributed by atoms with Crippen molar-refractivity contribution in [1.29, 1.82) is 0 Å². The van der Waals surface area contributed by atoms with Gasteiger partial charge in [0.25, 0.3) is 5.91 Å². The number of hydrogen-bond donors (Lipinski definition) is 1. The second kappa shape index (κ2) is 9.55. The number of pyridine rings is 1. The summed E-state index contributed by atoms with van der Waals surface area (Å²) >= 11 is 0. The van der Waals surface area contributed by atoms with Crippen molar-refractivity contribution in [2.75, 3.05) is 33.2 Å². The molecule has 1 atom stereocenters. The molecular formula is C24H38N4O3. The molecule has 0 aliphatic carbocycles. The first kappa shape index (κ1) is 23.5. The number of ether oxygens (including phenoxy) is 1. The third kappa shape index (κ3) is 5.97. The Hall–Kier alpha value is -2.15. The summed E-state index contributed by atoms with van der Waals surface area (Å²) in [7, 11) is 2.19. The van der Waals surface area contributed by atoms with Gasteiger partial charge in [0.15, 0.2) is 0 Å². The Balaban J connectivity index is 1.70. The van der Waals surface area contributed by atoms with Gasteiger partial charge in [-0.3, -0.25) is 9.78 Å². The zero-order chi connectivity index (χ0) is 22.6. The molecule has 2 amide bonds. The average molecular weight is 431 g/mol. The van der Waals surface area contributed by atoms with E-state index in [2.05, 4.69) is 22.2 Å². The van der Waals surface area contributed by atoms with Gasteiger partial charge in [0, 0.05) is 31.0 Å². The molecule has 0 radical (unpaired) electrons. The Bertz CT molecular complexity index is 748. The van der Waals surface area contributed by atoms with Crippen molar-refractivity contribution in [2.24, 2.45) is 11.8 Å². The van der Waals surface area contributed by atoms with Gasteiger partial charge in [-0.15, -0.1) is 0 Å². The predicted octanol–water partition coefficient (Wildman–Crippen LogP) is 3.40. The average Bonchev–Trinajstić information content (AvgIpc) is 2.73. The van der Waals surface area contributed by atoms with Crippen LogP contribution in [-0.4, -0.2) is 65.6 Å². The van der Waals surface area contributed by atoms with Crippen molar-refractivity contribution in [1.82, 2.24) is 20.1 Å². The van der Waals surface area contributed by atoms with Crippen LogP contribution in [0.15, 0.2) is 24.5 Å². The minimum atomic E-state index is -1.23. The molecule has 0 bridgehead atoms. The van der Waals surface area contributed by atoms with Gasteiger partial charge in [0.2, 0.25) is 0 Å². The molecule has 3 heterocycles. The lowest BCUT2D eigenvalue weighted by atomic mass is 9.78. The molecule has 2 fully saturated rings. The molecule has 172 valence electrons. The molecule has 0 spiro atoms. The first-order valence-corrected chi connectivity index (χ1v) is 11.5. The number of amides is 2. The summed E-state index contributed by atoms with van der Waals surface area (Å²) < 4.78 is 5.45. The lowest BCUT2D eigenvalue weighted by Gasteiger charge is -2.42. The van der Waals surface area contributed by atoms with E-state index < -0.39 is 17.2 Å². The molecule has 1 N–H and O–H groups in total. The summed E-state index contributed by atoms with van der Waals surface area (Å²) in [6.45, 7) is 11.0. The molecule has 0 aromatic carbocycles. The first-order chi connectivity index (χ1) is 14.6. The van der Waals surface area contributed by atoms with E-state index in [1.54, 1.807) is 25.4 Å². The lowest BCUT2D eigenvalue weighted by molar-refractivity contribution is -0.140. The van der Waals surface area contributed by atoms with Gasteiger partial charge < -0.3 is 19.9 Å². The fourth-order valence-electron chi connectivity index (χ4n) is 4.81. The summed E-state index contributed by atoms with van der Waals surface area (Å²) in [5.41, 5.74) is -1.21. The lowest BCUT2D eigenvalue weighted by Crippen LogP contribution is -2.57. The van der Waals surface area contributed by atoms with Crippen LogP contribution in [0.1, 0.15) is 58.9 Å². The highest BCUT2D eigenvalue weighted by atomic mass is 16.6. The van der Waals surface area contributed by atoms with Gasteiger partial charge in [-0.05, 0) is 91.4 Å². The van der Waals surface area contributed by atoms with Gasteiger partial charge >= 0.3 is 6.09 Å². The van der Waals surface area contributed by atoms with Crippen molar-refractivity contribution in [3.8, 4) is 0 Å². The largest absolute Gasteiger partial charge is 0.444 e. The third-order valence-electron chi connectivity index (χ3n) is 6.67. The zero-order valence-corrected chi connectivity index (χ0v) is 19.7. The highest BCUT2D eigenvalue weighted by Gasteiger charge is 2.42. The van der Waals surface area contributed by atoms with Gasteiger partial charge in [-0.25, -0.2) is 4.79 Å². The van der Waals surface area contributed by atoms with E-state index in [0.29, 0.717) is 11.5 Å². The van der Waals surface area contributed by atoms with E-state index in [1.807, 2.05) is 31.7 Å². The normalized spacial score (nSPS) is 21.4. The van der Waals surface area contributed by atoms with Crippen LogP contribution < -0.4 is 5.32 Å². The molecule has 0 saturated carbocycles. The summed E-state index contributed by atoms with van der Waals surface area (Å²) in [5, 5.41) is 2.84. The van der Waals surface area contributed by atoms with E-state index in [9.17, 15) is 9.59 Å². The summed E-state index contributed by atoms with van der Waals surface area (Å²) in [5.74, 6) is 1.34. The molecular weight excluding hydrogens is 392 g/mol. The summed E-state index contributed by atoms with van der Waals surface area (Å²) in [4.78, 5) is 34.7. The third-order valence-corrected chi connectivity index (χ3v) is 6.67. The monoisotopic (exact) mass is 430 g/mol. The Morgan fingerprint density at radius 2 is 1.61 bits per heavy atom. The van der Waals surface area contributed by atoms with Gasteiger partial charge in [-0.2, -0.15) is 0 Å². The molecule has 7 nitrogen and oxygen atoms in total. The Labute approximate surface area is 186 Å². The van der Waals surface area contributed by atoms with Crippen LogP contribution in [0.2, 0.25) is 0 Å². The van der Waals surface area contributed by atoms with Gasteiger partial charge in [0.1, 0.15) is 11.1 Å². The van der Waals surface area contributed by atoms with E-state index in [-0.39, 0.29) is 5.91 Å². The number of nitrogens with zero attached hydrogens (tertiary/aromatic N) is 3. The minimum absolute atomic E-state index is 0.104. The second-order valence-electron chi connectivity index (χ2n) is 10.3. The maximum atomic E-state index is 13.7. The number of piperidine rings is 2. The molecule has 7 heteroatoms. The maximum absolute atomic E-state index is 13.7. The van der Waals surface area contributed by atoms with Crippen LogP contribution in [0.3, 0.4) is 0 Å². The van der Waals surface area contributed by atoms with Gasteiger partial charge in [-0.1, -0.05) is 6.07 Å². The highest BCUT2D eigenvalue weighted by molar-refractivity contribution is 5.90. The maximum Gasteiger partial charge on any atom is 0.408 e. The zero-order valence-electron chi connectivity index (χ0n) is 19.7. The second-order valence-corrected chi connectivity index (χ2v) is 10.3. The number of alkyl carbamates (subject to hydrolysis) is 1. The molecule has 1 aromatic heterocycles. The summed E-state index contributed by atoms with van der Waals surface area (Å²) in [6, 6.07) is 3.61. The van der Waals surface area contributed by atoms with E-state index in [0.717, 1.165) is 31.8 Å². The molecule has 2 saturated heterocycles. The van der Waals surface area contributed by atoms with Crippen LogP contribution >= 0.6 is 0 Å². The van der Waals surface area contributed by atoms with Crippen molar-refractivity contribution in [3.05, 3.63) is 30.1 Å². The fourth-order valence-corrected chi connectivity index (χ4v) is 4.81. The Morgan fingerprint density at radius 3 is 2.13 bits per heavy atom. The molecule has 0 unspecified atom stereocenters. The van der Waals surface area contributed by atoms with Crippen molar-refractivity contribution >= 4 is 12.0 Å². The van der Waals surface area contributed by atoms with Crippen molar-refractivity contribution in [2.45, 2.75) is 64.5 Å². The quantitative estimate of drug-likeness (QED) is 0.792. The SMILES string of the molecule is CN1CCC(C2CCN(C(=O)[C@@](C)(NC(=O)OC(C)(C)C)c3cccnc3)CC2)CC1. The highest BCUT2D eigenvalue weighted by Crippen LogP contribution is 2.34. The topological polar surface area (TPSA) is 74.8 Å². The predicted molar refractivity (Wildman–Crippen MR) is 120 cm³/mol. The summed E-state index contributed by atoms with van der Waals surface area (Å²) in [6.07, 6.45) is 7.25. The Morgan fingerprint density at radius 1 is 1.03 bits per heavy atom. The molecule has 3 rings (SSSR count). The number of likely N-dealkylation sites (tertiary alicyclic amines) is 2. The Kier molecular flexibility index (Phi) is 7.24. The van der Waals surface area contributed by atoms with Crippen LogP contribution in [0.25, 0.3) is 0 Å². The molecule has 2 aliphatic heterocycles. The minimum Gasteiger partial charge on any atom is -0.444 e. The molecule has 1 aromatic rings. The number of aromatic nitrogens is 1. The van der Waals surface area contributed by atoms with Crippen LogP contribution in [-0.2, 0) is 15.1 Å². The van der Waals surface area contributed by atoms with E-state index in [1.165, 1.54) is 25.9 Å².